The molecule has 7 nitrogen and oxygen atoms in total. The van der Waals surface area contributed by atoms with Crippen LogP contribution in [0.3, 0.4) is 0 Å². The van der Waals surface area contributed by atoms with E-state index >= 15 is 0 Å². The number of quaternary nitrogens is 1. The molecule has 1 aliphatic heterocycles. The number of nitrogens with one attached hydrogen (secondary N) is 1. The zero-order valence-electron chi connectivity index (χ0n) is 15.1. The van der Waals surface area contributed by atoms with Crippen molar-refractivity contribution >= 4 is 15.9 Å². The molecule has 2 unspecified atom stereocenters. The van der Waals surface area contributed by atoms with Gasteiger partial charge in [0.05, 0.1) is 5.41 Å². The van der Waals surface area contributed by atoms with E-state index in [0.29, 0.717) is 38.8 Å². The maximum Gasteiger partial charge on any atom is 0.351 e. The highest BCUT2D eigenvalue weighted by Gasteiger charge is 2.53. The molecule has 1 aromatic rings. The molecule has 1 aromatic heterocycles. The van der Waals surface area contributed by atoms with Crippen molar-refractivity contribution in [2.24, 2.45) is 5.41 Å². The van der Waals surface area contributed by atoms with Gasteiger partial charge in [0, 0.05) is 25.6 Å². The first-order valence-corrected chi connectivity index (χ1v) is 10.1. The van der Waals surface area contributed by atoms with Gasteiger partial charge in [-0.25, -0.2) is 9.78 Å². The van der Waals surface area contributed by atoms with E-state index in [0.717, 1.165) is 0 Å². The van der Waals surface area contributed by atoms with E-state index in [4.69, 9.17) is 0 Å². The number of sulfonamides is 1. The summed E-state index contributed by atoms with van der Waals surface area (Å²) in [6, 6.07) is 3.53. The summed E-state index contributed by atoms with van der Waals surface area (Å²) < 4.78 is 24.6. The summed E-state index contributed by atoms with van der Waals surface area (Å²) in [5.41, 5.74) is -1.04. The lowest BCUT2D eigenvalue weighted by Crippen LogP contribution is -2.62. The Balaban J connectivity index is 2.61. The largest absolute Gasteiger partial charge is 0.608 e. The molecule has 8 heteroatoms. The number of carbonyl (C=O) groups excluding carboxylic acids is 1. The SMILES string of the molecule is CCC(C)(C)C(=O)[N+]([O-])(C1CCCNCC1)S(=O)(=O)c1ccccn1. The zero-order valence-corrected chi connectivity index (χ0v) is 15.9. The van der Waals surface area contributed by atoms with E-state index in [1.165, 1.54) is 18.3 Å². The summed E-state index contributed by atoms with van der Waals surface area (Å²) in [5.74, 6) is -0.812. The van der Waals surface area contributed by atoms with Crippen LogP contribution in [0.15, 0.2) is 29.4 Å². The topological polar surface area (TPSA) is 99.2 Å². The maximum absolute atomic E-state index is 13.9. The monoisotopic (exact) mass is 369 g/mol. The maximum atomic E-state index is 13.9. The van der Waals surface area contributed by atoms with Crippen molar-refractivity contribution in [3.63, 3.8) is 0 Å². The molecule has 1 aliphatic rings. The Morgan fingerprint density at radius 3 is 2.68 bits per heavy atom. The standard InChI is InChI=1S/C17H27N3O4S/c1-4-17(2,3)16(21)20(22,14-8-7-11-18-13-10-14)25(23,24)15-9-5-6-12-19-15/h5-6,9,12,14,18H,4,7-8,10-11,13H2,1-3H3. The molecule has 0 saturated carbocycles. The number of pyridine rings is 1. The van der Waals surface area contributed by atoms with Crippen molar-refractivity contribution in [2.75, 3.05) is 13.1 Å². The van der Waals surface area contributed by atoms with Gasteiger partial charge in [-0.15, -0.1) is 0 Å². The normalized spacial score (nSPS) is 22.0. The Bertz CT molecular complexity index is 698. The van der Waals surface area contributed by atoms with Crippen LogP contribution in [0.5, 0.6) is 0 Å². The first-order chi connectivity index (χ1) is 11.7. The number of rotatable bonds is 5. The van der Waals surface area contributed by atoms with E-state index < -0.39 is 31.4 Å². The van der Waals surface area contributed by atoms with E-state index in [1.807, 2.05) is 0 Å². The summed E-state index contributed by atoms with van der Waals surface area (Å²) in [4.78, 5) is 17.0. The molecule has 0 aromatic carbocycles. The van der Waals surface area contributed by atoms with Crippen LogP contribution in [0, 0.1) is 10.6 Å². The third kappa shape index (κ3) is 3.62. The van der Waals surface area contributed by atoms with Crippen LogP contribution in [0.1, 0.15) is 46.5 Å². The molecule has 1 N–H and O–H groups in total. The Kier molecular flexibility index (Phi) is 5.98. The highest BCUT2D eigenvalue weighted by molar-refractivity contribution is 7.86. The Morgan fingerprint density at radius 2 is 2.08 bits per heavy atom. The van der Waals surface area contributed by atoms with Crippen molar-refractivity contribution in [1.82, 2.24) is 10.3 Å². The van der Waals surface area contributed by atoms with Gasteiger partial charge in [0.2, 0.25) is 5.03 Å². The summed E-state index contributed by atoms with van der Waals surface area (Å²) in [6.45, 7) is 6.27. The van der Waals surface area contributed by atoms with E-state index in [1.54, 1.807) is 26.8 Å². The molecule has 2 atom stereocenters. The lowest BCUT2D eigenvalue weighted by molar-refractivity contribution is -0.709. The van der Waals surface area contributed by atoms with Gasteiger partial charge in [0.15, 0.2) is 0 Å². The van der Waals surface area contributed by atoms with Gasteiger partial charge in [-0.05, 0) is 45.4 Å². The van der Waals surface area contributed by atoms with Gasteiger partial charge in [-0.1, -0.05) is 13.0 Å². The minimum Gasteiger partial charge on any atom is -0.608 e. The van der Waals surface area contributed by atoms with Gasteiger partial charge in [0.25, 0.3) is 0 Å². The van der Waals surface area contributed by atoms with Crippen molar-refractivity contribution in [2.45, 2.75) is 57.5 Å². The van der Waals surface area contributed by atoms with E-state index in [9.17, 15) is 18.4 Å². The van der Waals surface area contributed by atoms with Crippen molar-refractivity contribution < 1.29 is 17.3 Å². The number of nitrogens with zero attached hydrogens (tertiary/aromatic N) is 2. The second-order valence-corrected chi connectivity index (χ2v) is 9.03. The first-order valence-electron chi connectivity index (χ1n) is 8.69. The number of aromatic nitrogens is 1. The van der Waals surface area contributed by atoms with E-state index in [-0.39, 0.29) is 5.03 Å². The molecule has 1 saturated heterocycles. The third-order valence-corrected chi connectivity index (χ3v) is 6.98. The second kappa shape index (κ2) is 7.49. The summed E-state index contributed by atoms with van der Waals surface area (Å²) in [7, 11) is -4.52. The summed E-state index contributed by atoms with van der Waals surface area (Å²) in [5, 5.41) is 16.7. The summed E-state index contributed by atoms with van der Waals surface area (Å²) in [6.07, 6.45) is 3.08. The first kappa shape index (κ1) is 20.0. The van der Waals surface area contributed by atoms with Gasteiger partial charge in [-0.3, -0.25) is 0 Å². The second-order valence-electron chi connectivity index (χ2n) is 7.12. The lowest BCUT2D eigenvalue weighted by atomic mass is 9.88. The van der Waals surface area contributed by atoms with Gasteiger partial charge in [-0.2, -0.15) is 12.5 Å². The molecule has 1 fully saturated rings. The predicted octanol–water partition coefficient (Wildman–Crippen LogP) is 2.19. The Labute approximate surface area is 149 Å². The minimum atomic E-state index is -4.52. The molecular formula is C17H27N3O4S. The molecule has 1 amide bonds. The highest BCUT2D eigenvalue weighted by atomic mass is 32.2. The molecule has 25 heavy (non-hydrogen) atoms. The molecule has 140 valence electrons. The molecule has 0 aliphatic carbocycles. The van der Waals surface area contributed by atoms with Crippen LogP contribution < -0.4 is 5.32 Å². The van der Waals surface area contributed by atoms with Crippen LogP contribution in [-0.2, 0) is 14.8 Å². The zero-order chi connectivity index (χ0) is 18.7. The smallest absolute Gasteiger partial charge is 0.351 e. The van der Waals surface area contributed by atoms with Crippen LogP contribution in [0.4, 0.5) is 0 Å². The minimum absolute atomic E-state index is 0.334. The predicted molar refractivity (Wildman–Crippen MR) is 94.6 cm³/mol. The average molecular weight is 369 g/mol. The molecule has 0 radical (unpaired) electrons. The van der Waals surface area contributed by atoms with Gasteiger partial charge < -0.3 is 10.5 Å². The molecule has 0 bridgehead atoms. The fourth-order valence-electron chi connectivity index (χ4n) is 3.02. The highest BCUT2D eigenvalue weighted by Crippen LogP contribution is 2.37. The summed E-state index contributed by atoms with van der Waals surface area (Å²) >= 11 is 0. The lowest BCUT2D eigenvalue weighted by Gasteiger charge is -2.46. The van der Waals surface area contributed by atoms with E-state index in [2.05, 4.69) is 10.3 Å². The average Bonchev–Trinajstić information content (AvgIpc) is 2.90. The van der Waals surface area contributed by atoms with Gasteiger partial charge in [0.1, 0.15) is 6.04 Å². The number of hydrogen-bond acceptors (Lipinski definition) is 6. The number of amides is 1. The number of hydrogen-bond donors (Lipinski definition) is 1. The Morgan fingerprint density at radius 1 is 1.36 bits per heavy atom. The molecule has 2 rings (SSSR count). The fourth-order valence-corrected chi connectivity index (χ4v) is 4.81. The van der Waals surface area contributed by atoms with Crippen LogP contribution in [0.25, 0.3) is 0 Å². The Hall–Kier alpha value is -1.35. The quantitative estimate of drug-likeness (QED) is 0.631. The van der Waals surface area contributed by atoms with Crippen LogP contribution in [0.2, 0.25) is 0 Å². The van der Waals surface area contributed by atoms with Crippen molar-refractivity contribution in [1.29, 1.82) is 0 Å². The third-order valence-electron chi connectivity index (χ3n) is 5.03. The van der Waals surface area contributed by atoms with Crippen LogP contribution in [-0.4, -0.2) is 42.5 Å². The number of hydroxylamine groups is 2. The van der Waals surface area contributed by atoms with Crippen molar-refractivity contribution in [3.05, 3.63) is 29.6 Å². The van der Waals surface area contributed by atoms with Crippen molar-refractivity contribution in [3.8, 4) is 0 Å². The molecule has 0 spiro atoms. The molecular weight excluding hydrogens is 342 g/mol. The number of carbonyl (C=O) groups is 1. The molecule has 2 heterocycles. The fraction of sp³-hybridized carbons (Fsp3) is 0.647. The van der Waals surface area contributed by atoms with Gasteiger partial charge >= 0.3 is 15.9 Å². The van der Waals surface area contributed by atoms with Crippen LogP contribution >= 0.6 is 0 Å².